The number of benzene rings is 7. The second kappa shape index (κ2) is 14.8. The van der Waals surface area contributed by atoms with E-state index in [0.717, 1.165) is 55.9 Å². The fourth-order valence-corrected chi connectivity index (χ4v) is 9.32. The van der Waals surface area contributed by atoms with Crippen LogP contribution in [0.4, 0.5) is 0 Å². The summed E-state index contributed by atoms with van der Waals surface area (Å²) in [5.74, 6) is 2.16. The molecule has 2 unspecified atom stereocenters. The Hall–Kier alpha value is -8.22. The Morgan fingerprint density at radius 1 is 0.258 bits per heavy atom. The van der Waals surface area contributed by atoms with Crippen molar-refractivity contribution in [3.8, 4) is 78.9 Å². The monoisotopic (exact) mass is 792 g/mol. The van der Waals surface area contributed by atoms with Crippen LogP contribution in [0, 0.1) is 0 Å². The first-order valence-electron chi connectivity index (χ1n) is 20.9. The molecule has 0 N–H and O–H groups in total. The van der Waals surface area contributed by atoms with E-state index in [1.807, 2.05) is 73.2 Å². The molecular weight excluding hydrogens is 757 g/mol. The van der Waals surface area contributed by atoms with Crippen LogP contribution in [-0.2, 0) is 0 Å². The highest BCUT2D eigenvalue weighted by Gasteiger charge is 2.41. The van der Waals surface area contributed by atoms with Gasteiger partial charge in [-0.15, -0.1) is 0 Å². The third-order valence-electron chi connectivity index (χ3n) is 12.3. The molecule has 2 atom stereocenters. The van der Waals surface area contributed by atoms with E-state index in [9.17, 15) is 0 Å². The second-order valence-corrected chi connectivity index (χ2v) is 15.9. The van der Waals surface area contributed by atoms with Gasteiger partial charge < -0.3 is 0 Å². The molecule has 3 aromatic heterocycles. The highest BCUT2D eigenvalue weighted by molar-refractivity contribution is 5.77. The van der Waals surface area contributed by atoms with Crippen LogP contribution in [0.15, 0.2) is 207 Å². The molecule has 2 bridgehead atoms. The van der Waals surface area contributed by atoms with Crippen LogP contribution in [-0.4, -0.2) is 29.9 Å². The zero-order valence-electron chi connectivity index (χ0n) is 33.5. The average molecular weight is 793 g/mol. The van der Waals surface area contributed by atoms with Crippen molar-refractivity contribution in [1.29, 1.82) is 0 Å². The second-order valence-electron chi connectivity index (χ2n) is 15.9. The van der Waals surface area contributed by atoms with Crippen LogP contribution in [0.25, 0.3) is 78.9 Å². The van der Waals surface area contributed by atoms with Crippen LogP contribution in [0.1, 0.15) is 45.2 Å². The normalized spacial score (nSPS) is 14.5. The van der Waals surface area contributed by atoms with Crippen LogP contribution in [0.3, 0.4) is 0 Å². The summed E-state index contributed by atoms with van der Waals surface area (Å²) in [6, 6.07) is 64.2. The van der Waals surface area contributed by atoms with Crippen LogP contribution >= 0.6 is 0 Å². The highest BCUT2D eigenvalue weighted by Crippen LogP contribution is 2.56. The van der Waals surface area contributed by atoms with E-state index >= 15 is 0 Å². The first kappa shape index (κ1) is 35.7. The van der Waals surface area contributed by atoms with Gasteiger partial charge in [-0.1, -0.05) is 164 Å². The molecule has 0 aliphatic heterocycles. The average Bonchev–Trinajstić information content (AvgIpc) is 3.36. The van der Waals surface area contributed by atoms with Crippen molar-refractivity contribution in [3.05, 3.63) is 240 Å². The van der Waals surface area contributed by atoms with E-state index in [0.29, 0.717) is 17.5 Å². The van der Waals surface area contributed by atoms with E-state index in [1.54, 1.807) is 6.20 Å². The molecular formula is C56H36N6. The van der Waals surface area contributed by atoms with Crippen LogP contribution in [0.5, 0.6) is 0 Å². The lowest BCUT2D eigenvalue weighted by molar-refractivity contribution is 0.755. The van der Waals surface area contributed by atoms with Gasteiger partial charge in [0.1, 0.15) is 0 Å². The lowest BCUT2D eigenvalue weighted by Gasteiger charge is -2.42. The van der Waals surface area contributed by atoms with Gasteiger partial charge in [-0.05, 0) is 73.8 Å². The Morgan fingerprint density at radius 2 is 0.677 bits per heavy atom. The summed E-state index contributed by atoms with van der Waals surface area (Å²) in [4.78, 5) is 28.9. The number of hydrogen-bond acceptors (Lipinski definition) is 6. The van der Waals surface area contributed by atoms with Gasteiger partial charge in [-0.3, -0.25) is 9.97 Å². The Morgan fingerprint density at radius 3 is 1.24 bits per heavy atom. The lowest BCUT2D eigenvalue weighted by Crippen LogP contribution is -2.27. The van der Waals surface area contributed by atoms with E-state index < -0.39 is 0 Å². The van der Waals surface area contributed by atoms with Crippen molar-refractivity contribution in [2.45, 2.75) is 11.8 Å². The fraction of sp³-hybridized carbons (Fsp3) is 0.0357. The number of pyridine rings is 1. The van der Waals surface area contributed by atoms with E-state index in [4.69, 9.17) is 19.9 Å². The largest absolute Gasteiger partial charge is 0.264 e. The molecule has 0 spiro atoms. The third-order valence-corrected chi connectivity index (χ3v) is 12.3. The molecule has 0 radical (unpaired) electrons. The van der Waals surface area contributed by atoms with Crippen molar-refractivity contribution in [3.63, 3.8) is 0 Å². The summed E-state index contributed by atoms with van der Waals surface area (Å²) in [5, 5.41) is 0. The standard InChI is InChI=1S/C56H36N6/c1-3-10-37(11-4-1)50-33-58-34-51(59-50)42-26-28-47-49(31-42)53-45-16-8-7-15-44(45)52(47)48-30-41(25-27-46(48)53)35-17-21-39(22-18-35)55-60-54(38-12-5-2-6-13-38)61-56(62-55)40-23-19-36(20-24-40)43-14-9-29-57-32-43/h1-34,52-53H. The van der Waals surface area contributed by atoms with Gasteiger partial charge in [0.2, 0.25) is 0 Å². The minimum absolute atomic E-state index is 0.131. The summed E-state index contributed by atoms with van der Waals surface area (Å²) < 4.78 is 0. The van der Waals surface area contributed by atoms with Gasteiger partial charge in [-0.25, -0.2) is 19.9 Å². The SMILES string of the molecule is c1ccc(-c2cncc(-c3ccc4c(c3)C3c5ccccc5C4c4cc(-c5ccc(-c6nc(-c7ccccc7)nc(-c7ccc(-c8cccnc8)cc7)n6)cc5)ccc43)n2)cc1. The maximum Gasteiger partial charge on any atom is 0.164 e. The molecule has 7 aromatic carbocycles. The zero-order chi connectivity index (χ0) is 41.0. The zero-order valence-corrected chi connectivity index (χ0v) is 33.5. The number of rotatable bonds is 7. The van der Waals surface area contributed by atoms with Crippen molar-refractivity contribution in [1.82, 2.24) is 29.9 Å². The molecule has 3 aliphatic rings. The van der Waals surface area contributed by atoms with E-state index in [1.165, 1.54) is 38.9 Å². The number of aromatic nitrogens is 6. The molecule has 0 fully saturated rings. The van der Waals surface area contributed by atoms with Crippen molar-refractivity contribution >= 4 is 0 Å². The van der Waals surface area contributed by atoms with Crippen LogP contribution in [0.2, 0.25) is 0 Å². The smallest absolute Gasteiger partial charge is 0.164 e. The number of hydrogen-bond donors (Lipinski definition) is 0. The molecule has 6 heteroatoms. The molecule has 62 heavy (non-hydrogen) atoms. The molecule has 290 valence electrons. The van der Waals surface area contributed by atoms with Crippen molar-refractivity contribution < 1.29 is 0 Å². The summed E-state index contributed by atoms with van der Waals surface area (Å²) in [6.07, 6.45) is 7.38. The Kier molecular flexibility index (Phi) is 8.52. The van der Waals surface area contributed by atoms with Gasteiger partial charge in [-0.2, -0.15) is 0 Å². The number of nitrogens with zero attached hydrogens (tertiary/aromatic N) is 6. The maximum absolute atomic E-state index is 5.06. The minimum atomic E-state index is 0.131. The predicted molar refractivity (Wildman–Crippen MR) is 246 cm³/mol. The van der Waals surface area contributed by atoms with Crippen molar-refractivity contribution in [2.75, 3.05) is 0 Å². The Balaban J connectivity index is 0.884. The molecule has 0 saturated heterocycles. The summed E-state index contributed by atoms with van der Waals surface area (Å²) >= 11 is 0. The van der Waals surface area contributed by atoms with Gasteiger partial charge in [0.25, 0.3) is 0 Å². The summed E-state index contributed by atoms with van der Waals surface area (Å²) in [6.45, 7) is 0. The Labute approximate surface area is 359 Å². The molecule has 0 amide bonds. The molecule has 13 rings (SSSR count). The first-order chi connectivity index (χ1) is 30.7. The van der Waals surface area contributed by atoms with E-state index in [2.05, 4.69) is 137 Å². The molecule has 3 aliphatic carbocycles. The van der Waals surface area contributed by atoms with Gasteiger partial charge in [0.15, 0.2) is 17.5 Å². The molecule has 0 saturated carbocycles. The quantitative estimate of drug-likeness (QED) is 0.160. The van der Waals surface area contributed by atoms with E-state index in [-0.39, 0.29) is 11.8 Å². The maximum atomic E-state index is 5.06. The van der Waals surface area contributed by atoms with Gasteiger partial charge in [0, 0.05) is 52.0 Å². The van der Waals surface area contributed by atoms with Gasteiger partial charge in [0.05, 0.1) is 23.8 Å². The Bertz CT molecular complexity index is 3280. The molecule has 6 nitrogen and oxygen atoms in total. The summed E-state index contributed by atoms with van der Waals surface area (Å²) in [5.41, 5.74) is 19.3. The third kappa shape index (κ3) is 6.20. The van der Waals surface area contributed by atoms with Crippen molar-refractivity contribution in [2.24, 2.45) is 0 Å². The lowest BCUT2D eigenvalue weighted by atomic mass is 9.60. The minimum Gasteiger partial charge on any atom is -0.264 e. The molecule has 3 heterocycles. The highest BCUT2D eigenvalue weighted by atomic mass is 15.0. The molecule has 10 aromatic rings. The van der Waals surface area contributed by atoms with Crippen LogP contribution < -0.4 is 0 Å². The summed E-state index contributed by atoms with van der Waals surface area (Å²) in [7, 11) is 0. The predicted octanol–water partition coefficient (Wildman–Crippen LogP) is 12.7. The fourth-order valence-electron chi connectivity index (χ4n) is 9.32. The topological polar surface area (TPSA) is 77.3 Å². The first-order valence-corrected chi connectivity index (χ1v) is 20.9. The van der Waals surface area contributed by atoms with Gasteiger partial charge >= 0.3 is 0 Å².